The van der Waals surface area contributed by atoms with E-state index < -0.39 is 5.63 Å². The van der Waals surface area contributed by atoms with Crippen LogP contribution in [0, 0.1) is 26.7 Å². The number of hydrogen-bond acceptors (Lipinski definition) is 5. The van der Waals surface area contributed by atoms with E-state index in [0.717, 1.165) is 50.9 Å². The van der Waals surface area contributed by atoms with Crippen molar-refractivity contribution in [3.8, 4) is 11.1 Å². The summed E-state index contributed by atoms with van der Waals surface area (Å²) in [7, 11) is 0. The highest BCUT2D eigenvalue weighted by Crippen LogP contribution is 2.40. The number of piperidine rings is 1. The van der Waals surface area contributed by atoms with Gasteiger partial charge in [-0.2, -0.15) is 0 Å². The Kier molecular flexibility index (Phi) is 5.59. The first-order chi connectivity index (χ1) is 19.3. The number of rotatable bonds is 3. The molecule has 7 heteroatoms. The smallest absolute Gasteiger partial charge is 0.340 e. The molecule has 3 aromatic heterocycles. The zero-order valence-electron chi connectivity index (χ0n) is 22.8. The lowest BCUT2D eigenvalue weighted by Gasteiger charge is -2.42. The molecule has 0 radical (unpaired) electrons. The van der Waals surface area contributed by atoms with E-state index in [9.17, 15) is 14.4 Å². The molecule has 202 valence electrons. The third-order valence-electron chi connectivity index (χ3n) is 8.86. The molecule has 0 unspecified atom stereocenters. The third-order valence-corrected chi connectivity index (χ3v) is 8.86. The zero-order valence-corrected chi connectivity index (χ0v) is 22.8. The minimum Gasteiger partial charge on any atom is -0.460 e. The topological polar surface area (TPSA) is 85.7 Å². The highest BCUT2D eigenvalue weighted by Gasteiger charge is 2.36. The van der Waals surface area contributed by atoms with Crippen molar-refractivity contribution in [3.63, 3.8) is 0 Å². The standard InChI is InChI=1S/C33H30N2O5/c1-18-24-13-26-30(22-8-5-4-6-9-22)20(3)39-32(26)19(2)31(24)40-33(38)25(18)14-29(37)34-15-21-12-23(17-34)27-10-7-11-28(36)35(27)16-21/h4-11,13,21,23H,12,14-17H2,1-3H3/t21-,23+/m1/s1. The number of furan rings is 1. The van der Waals surface area contributed by atoms with Gasteiger partial charge in [0.25, 0.3) is 5.56 Å². The molecule has 7 nitrogen and oxygen atoms in total. The van der Waals surface area contributed by atoms with Crippen molar-refractivity contribution < 1.29 is 13.6 Å². The lowest BCUT2D eigenvalue weighted by molar-refractivity contribution is -0.133. The Hall–Kier alpha value is -4.39. The van der Waals surface area contributed by atoms with E-state index in [0.29, 0.717) is 36.4 Å². The number of aryl methyl sites for hydroxylation is 3. The Balaban J connectivity index is 1.26. The molecule has 7 rings (SSSR count). The summed E-state index contributed by atoms with van der Waals surface area (Å²) >= 11 is 0. The number of likely N-dealkylation sites (tertiary alicyclic amines) is 1. The highest BCUT2D eigenvalue weighted by atomic mass is 16.4. The molecule has 2 aliphatic rings. The summed E-state index contributed by atoms with van der Waals surface area (Å²) in [5.74, 6) is 1.06. The van der Waals surface area contributed by atoms with Gasteiger partial charge in [-0.25, -0.2) is 4.79 Å². The van der Waals surface area contributed by atoms with E-state index in [-0.39, 0.29) is 29.7 Å². The first kappa shape index (κ1) is 24.6. The van der Waals surface area contributed by atoms with Crippen molar-refractivity contribution in [1.29, 1.82) is 0 Å². The maximum Gasteiger partial charge on any atom is 0.340 e. The van der Waals surface area contributed by atoms with Crippen LogP contribution in [0.2, 0.25) is 0 Å². The number of amides is 1. The van der Waals surface area contributed by atoms with Crippen molar-refractivity contribution in [2.45, 2.75) is 46.1 Å². The van der Waals surface area contributed by atoms with Crippen LogP contribution >= 0.6 is 0 Å². The quantitative estimate of drug-likeness (QED) is 0.286. The van der Waals surface area contributed by atoms with Gasteiger partial charge in [-0.3, -0.25) is 9.59 Å². The van der Waals surface area contributed by atoms with Gasteiger partial charge in [0.05, 0.1) is 12.0 Å². The molecule has 2 bridgehead atoms. The molecular weight excluding hydrogens is 504 g/mol. The maximum absolute atomic E-state index is 13.6. The van der Waals surface area contributed by atoms with Crippen LogP contribution in [0.25, 0.3) is 33.1 Å². The van der Waals surface area contributed by atoms with Gasteiger partial charge in [0.1, 0.15) is 16.9 Å². The fourth-order valence-electron chi connectivity index (χ4n) is 6.91. The number of fused-ring (bicyclic) bond motifs is 6. The van der Waals surface area contributed by atoms with Gasteiger partial charge >= 0.3 is 5.63 Å². The Morgan fingerprint density at radius 1 is 0.875 bits per heavy atom. The summed E-state index contributed by atoms with van der Waals surface area (Å²) in [6, 6.07) is 17.5. The Bertz CT molecular complexity index is 1950. The van der Waals surface area contributed by atoms with Crippen LogP contribution in [0.1, 0.15) is 40.5 Å². The van der Waals surface area contributed by atoms with Gasteiger partial charge < -0.3 is 18.3 Å². The highest BCUT2D eigenvalue weighted by molar-refractivity contribution is 6.06. The number of pyridine rings is 1. The molecule has 2 atom stereocenters. The van der Waals surface area contributed by atoms with Gasteiger partial charge in [-0.1, -0.05) is 36.4 Å². The molecule has 2 aliphatic heterocycles. The Morgan fingerprint density at radius 3 is 2.45 bits per heavy atom. The normalized spacial score (nSPS) is 18.3. The average molecular weight is 535 g/mol. The van der Waals surface area contributed by atoms with Crippen molar-refractivity contribution in [3.05, 3.63) is 104 Å². The molecule has 0 N–H and O–H groups in total. The Labute approximate surface area is 230 Å². The summed E-state index contributed by atoms with van der Waals surface area (Å²) in [4.78, 5) is 41.1. The van der Waals surface area contributed by atoms with Crippen LogP contribution < -0.4 is 11.2 Å². The molecule has 0 spiro atoms. The Morgan fingerprint density at radius 2 is 1.65 bits per heavy atom. The average Bonchev–Trinajstić information content (AvgIpc) is 3.28. The number of nitrogens with zero attached hydrogens (tertiary/aromatic N) is 2. The van der Waals surface area contributed by atoms with Crippen molar-refractivity contribution in [1.82, 2.24) is 9.47 Å². The van der Waals surface area contributed by atoms with Gasteiger partial charge in [0.2, 0.25) is 5.91 Å². The number of carbonyl (C=O) groups excluding carboxylic acids is 1. The van der Waals surface area contributed by atoms with Gasteiger partial charge in [-0.05, 0) is 56.4 Å². The number of hydrogen-bond donors (Lipinski definition) is 0. The summed E-state index contributed by atoms with van der Waals surface area (Å²) in [6.07, 6.45) is 0.950. The fourth-order valence-corrected chi connectivity index (χ4v) is 6.91. The van der Waals surface area contributed by atoms with Crippen molar-refractivity contribution >= 4 is 27.8 Å². The lowest BCUT2D eigenvalue weighted by Crippen LogP contribution is -2.49. The molecule has 0 saturated carbocycles. The van der Waals surface area contributed by atoms with Gasteiger partial charge in [0, 0.05) is 59.2 Å². The number of carbonyl (C=O) groups is 1. The second kappa shape index (κ2) is 9.08. The molecule has 1 saturated heterocycles. The largest absolute Gasteiger partial charge is 0.460 e. The van der Waals surface area contributed by atoms with E-state index in [1.165, 1.54) is 0 Å². The van der Waals surface area contributed by atoms with Gasteiger partial charge in [-0.15, -0.1) is 0 Å². The minimum absolute atomic E-state index is 0.0157. The summed E-state index contributed by atoms with van der Waals surface area (Å²) < 4.78 is 13.9. The van der Waals surface area contributed by atoms with Crippen LogP contribution in [0.4, 0.5) is 0 Å². The van der Waals surface area contributed by atoms with Crippen molar-refractivity contribution in [2.24, 2.45) is 5.92 Å². The van der Waals surface area contributed by atoms with E-state index in [2.05, 4.69) is 12.1 Å². The molecule has 2 aromatic carbocycles. The predicted molar refractivity (Wildman–Crippen MR) is 154 cm³/mol. The van der Waals surface area contributed by atoms with E-state index in [1.54, 1.807) is 12.1 Å². The first-order valence-corrected chi connectivity index (χ1v) is 13.8. The number of benzene rings is 2. The summed E-state index contributed by atoms with van der Waals surface area (Å²) in [5, 5.41) is 1.77. The molecule has 1 amide bonds. The maximum atomic E-state index is 13.6. The van der Waals surface area contributed by atoms with Crippen LogP contribution in [0.15, 0.2) is 73.0 Å². The second-order valence-corrected chi connectivity index (χ2v) is 11.3. The van der Waals surface area contributed by atoms with Crippen LogP contribution in [-0.4, -0.2) is 28.5 Å². The zero-order chi connectivity index (χ0) is 27.7. The second-order valence-electron chi connectivity index (χ2n) is 11.3. The summed E-state index contributed by atoms with van der Waals surface area (Å²) in [5.41, 5.74) is 5.72. The van der Waals surface area contributed by atoms with E-state index in [4.69, 9.17) is 8.83 Å². The minimum atomic E-state index is -0.485. The van der Waals surface area contributed by atoms with Crippen LogP contribution in [0.5, 0.6) is 0 Å². The third kappa shape index (κ3) is 3.75. The van der Waals surface area contributed by atoms with Gasteiger partial charge in [0.15, 0.2) is 0 Å². The number of aromatic nitrogens is 1. The lowest BCUT2D eigenvalue weighted by atomic mass is 9.83. The van der Waals surface area contributed by atoms with E-state index >= 15 is 0 Å². The summed E-state index contributed by atoms with van der Waals surface area (Å²) in [6.45, 7) is 7.51. The molecule has 1 fully saturated rings. The molecule has 5 aromatic rings. The van der Waals surface area contributed by atoms with Crippen molar-refractivity contribution in [2.75, 3.05) is 13.1 Å². The van der Waals surface area contributed by atoms with E-state index in [1.807, 2.05) is 60.6 Å². The predicted octanol–water partition coefficient (Wildman–Crippen LogP) is 5.48. The molecule has 5 heterocycles. The molecule has 0 aliphatic carbocycles. The fraction of sp³-hybridized carbons (Fsp3) is 0.303. The molecular formula is C33H30N2O5. The first-order valence-electron chi connectivity index (χ1n) is 13.8. The SMILES string of the molecule is Cc1oc2c(C)c3oc(=O)c(CC(=O)N4C[C@H]5C[C@@H](C4)c4cccc(=O)n4C5)c(C)c3cc2c1-c1ccccc1. The van der Waals surface area contributed by atoms with Crippen LogP contribution in [-0.2, 0) is 17.8 Å². The monoisotopic (exact) mass is 534 g/mol. The molecule has 40 heavy (non-hydrogen) atoms. The van der Waals surface area contributed by atoms with Crippen LogP contribution in [0.3, 0.4) is 0 Å².